The first-order chi connectivity index (χ1) is 12.5. The van der Waals surface area contributed by atoms with Gasteiger partial charge in [0.15, 0.2) is 0 Å². The summed E-state index contributed by atoms with van der Waals surface area (Å²) in [6.07, 6.45) is 0. The highest BCUT2D eigenvalue weighted by Crippen LogP contribution is 2.33. The number of nitrogens with zero attached hydrogens (tertiary/aromatic N) is 2. The van der Waals surface area contributed by atoms with E-state index in [2.05, 4.69) is 10.2 Å². The lowest BCUT2D eigenvalue weighted by atomic mass is 10.1. The van der Waals surface area contributed by atoms with Crippen molar-refractivity contribution in [2.45, 2.75) is 9.79 Å². The molecular weight excluding hydrogens is 396 g/mol. The molecule has 0 aliphatic heterocycles. The van der Waals surface area contributed by atoms with Gasteiger partial charge in [0.1, 0.15) is 5.75 Å². The molecule has 0 unspecified atom stereocenters. The number of phenols is 1. The largest absolute Gasteiger partial charge is 0.508 e. The van der Waals surface area contributed by atoms with E-state index in [-0.39, 0.29) is 26.9 Å². The molecule has 0 spiro atoms. The molecule has 0 aliphatic carbocycles. The Morgan fingerprint density at radius 3 is 1.89 bits per heavy atom. The third-order valence-electron chi connectivity index (χ3n) is 3.59. The maximum atomic E-state index is 11.2. The molecule has 3 aromatic carbocycles. The van der Waals surface area contributed by atoms with Crippen molar-refractivity contribution in [1.82, 2.24) is 0 Å². The molecule has 0 saturated heterocycles. The number of benzene rings is 3. The van der Waals surface area contributed by atoms with Crippen LogP contribution in [0.25, 0.3) is 10.8 Å². The Morgan fingerprint density at radius 2 is 1.30 bits per heavy atom. The lowest BCUT2D eigenvalue weighted by molar-refractivity contribution is 0.475. The fourth-order valence-electron chi connectivity index (χ4n) is 2.35. The second kappa shape index (κ2) is 6.70. The predicted molar refractivity (Wildman–Crippen MR) is 95.9 cm³/mol. The van der Waals surface area contributed by atoms with Gasteiger partial charge in [-0.05, 0) is 47.9 Å². The van der Waals surface area contributed by atoms with E-state index in [4.69, 9.17) is 9.11 Å². The molecule has 140 valence electrons. The van der Waals surface area contributed by atoms with Gasteiger partial charge in [0.25, 0.3) is 20.2 Å². The molecule has 3 N–H and O–H groups in total. The summed E-state index contributed by atoms with van der Waals surface area (Å²) in [6, 6.07) is 11.4. The van der Waals surface area contributed by atoms with Gasteiger partial charge >= 0.3 is 0 Å². The highest BCUT2D eigenvalue weighted by molar-refractivity contribution is 7.86. The fourth-order valence-corrected chi connectivity index (χ4v) is 3.35. The van der Waals surface area contributed by atoms with E-state index in [1.807, 2.05) is 0 Å². The number of azo groups is 1. The Kier molecular flexibility index (Phi) is 4.70. The lowest BCUT2D eigenvalue weighted by Gasteiger charge is -2.05. The maximum Gasteiger partial charge on any atom is 0.294 e. The average Bonchev–Trinajstić information content (AvgIpc) is 2.57. The van der Waals surface area contributed by atoms with E-state index >= 15 is 0 Å². The first kappa shape index (κ1) is 18.9. The van der Waals surface area contributed by atoms with Crippen LogP contribution in [0.3, 0.4) is 0 Å². The van der Waals surface area contributed by atoms with Crippen LogP contribution in [0.4, 0.5) is 11.4 Å². The van der Waals surface area contributed by atoms with E-state index < -0.39 is 20.2 Å². The summed E-state index contributed by atoms with van der Waals surface area (Å²) in [5.41, 5.74) is 0.513. The minimum absolute atomic E-state index is 0.189. The number of hydrogen-bond acceptors (Lipinski definition) is 7. The van der Waals surface area contributed by atoms with Gasteiger partial charge < -0.3 is 5.11 Å². The number of hydrogen-bond donors (Lipinski definition) is 3. The molecule has 0 heterocycles. The molecular formula is C16H12N2O7S2. The topological polar surface area (TPSA) is 154 Å². The zero-order chi connectivity index (χ0) is 19.8. The van der Waals surface area contributed by atoms with Crippen LogP contribution in [0.1, 0.15) is 0 Å². The first-order valence-corrected chi connectivity index (χ1v) is 10.2. The number of phenolic OH excluding ortho intramolecular Hbond substituents is 1. The van der Waals surface area contributed by atoms with Gasteiger partial charge in [0.05, 0.1) is 21.2 Å². The van der Waals surface area contributed by atoms with Crippen molar-refractivity contribution in [3.63, 3.8) is 0 Å². The van der Waals surface area contributed by atoms with Crippen LogP contribution >= 0.6 is 0 Å². The van der Waals surface area contributed by atoms with Gasteiger partial charge in [-0.3, -0.25) is 9.11 Å². The smallest absolute Gasteiger partial charge is 0.294 e. The Bertz CT molecular complexity index is 1270. The minimum Gasteiger partial charge on any atom is -0.508 e. The van der Waals surface area contributed by atoms with Gasteiger partial charge in [-0.25, -0.2) is 0 Å². The maximum absolute atomic E-state index is 11.2. The zero-order valence-corrected chi connectivity index (χ0v) is 15.0. The van der Waals surface area contributed by atoms with E-state index in [1.54, 1.807) is 0 Å². The third-order valence-corrected chi connectivity index (χ3v) is 5.31. The molecule has 11 heteroatoms. The Labute approximate surface area is 154 Å². The summed E-state index contributed by atoms with van der Waals surface area (Å²) in [6.45, 7) is 0. The zero-order valence-electron chi connectivity index (χ0n) is 13.4. The molecule has 0 atom stereocenters. The number of aromatic hydroxyl groups is 1. The van der Waals surface area contributed by atoms with Crippen molar-refractivity contribution < 1.29 is 31.0 Å². The molecule has 0 radical (unpaired) electrons. The fraction of sp³-hybridized carbons (Fsp3) is 0. The molecule has 0 bridgehead atoms. The molecule has 9 nitrogen and oxygen atoms in total. The van der Waals surface area contributed by atoms with Gasteiger partial charge in [0, 0.05) is 11.5 Å². The first-order valence-electron chi connectivity index (χ1n) is 7.27. The molecule has 0 aliphatic rings. The lowest BCUT2D eigenvalue weighted by Crippen LogP contribution is -1.97. The van der Waals surface area contributed by atoms with Crippen LogP contribution in [0, 0.1) is 0 Å². The van der Waals surface area contributed by atoms with E-state index in [0.717, 1.165) is 12.1 Å². The monoisotopic (exact) mass is 408 g/mol. The van der Waals surface area contributed by atoms with E-state index in [1.165, 1.54) is 42.5 Å². The highest BCUT2D eigenvalue weighted by atomic mass is 32.2. The van der Waals surface area contributed by atoms with Gasteiger partial charge in [-0.2, -0.15) is 21.9 Å². The van der Waals surface area contributed by atoms with Crippen molar-refractivity contribution in [2.24, 2.45) is 10.2 Å². The molecule has 27 heavy (non-hydrogen) atoms. The predicted octanol–water partition coefficient (Wildman–Crippen LogP) is 3.45. The molecule has 3 aromatic rings. The molecule has 0 fully saturated rings. The van der Waals surface area contributed by atoms with Crippen LogP contribution in [-0.4, -0.2) is 31.0 Å². The third kappa shape index (κ3) is 4.28. The van der Waals surface area contributed by atoms with Crippen LogP contribution in [0.5, 0.6) is 5.75 Å². The number of rotatable bonds is 4. The van der Waals surface area contributed by atoms with Crippen LogP contribution in [0.15, 0.2) is 74.6 Å². The van der Waals surface area contributed by atoms with Crippen LogP contribution in [0.2, 0.25) is 0 Å². The number of fused-ring (bicyclic) bond motifs is 1. The Hall–Kier alpha value is -2.86. The van der Waals surface area contributed by atoms with Crippen molar-refractivity contribution in [3.8, 4) is 5.75 Å². The summed E-state index contributed by atoms with van der Waals surface area (Å²) in [7, 11) is -8.71. The average molecular weight is 408 g/mol. The Morgan fingerprint density at radius 1 is 0.704 bits per heavy atom. The standard InChI is InChI=1S/C16H12N2O7S2/c19-12-7-10-8-14(27(23,24)25)5-6-15(10)16(9-12)18-17-11-1-3-13(4-2-11)26(20,21)22/h1-9,19H,(H,20,21,22)(H,23,24,25). The van der Waals surface area contributed by atoms with Crippen molar-refractivity contribution in [2.75, 3.05) is 0 Å². The quantitative estimate of drug-likeness (QED) is 0.441. The van der Waals surface area contributed by atoms with Crippen molar-refractivity contribution >= 4 is 42.4 Å². The summed E-state index contributed by atoms with van der Waals surface area (Å²) in [5.74, 6) is -0.189. The normalized spacial score (nSPS) is 12.7. The Balaban J connectivity index is 2.02. The van der Waals surface area contributed by atoms with Gasteiger partial charge in [-0.1, -0.05) is 6.07 Å². The van der Waals surface area contributed by atoms with Gasteiger partial charge in [-0.15, -0.1) is 5.11 Å². The molecule has 0 saturated carbocycles. The van der Waals surface area contributed by atoms with Crippen molar-refractivity contribution in [3.05, 3.63) is 54.6 Å². The van der Waals surface area contributed by atoms with Crippen LogP contribution < -0.4 is 0 Å². The van der Waals surface area contributed by atoms with Gasteiger partial charge in [0.2, 0.25) is 0 Å². The van der Waals surface area contributed by atoms with E-state index in [0.29, 0.717) is 10.8 Å². The van der Waals surface area contributed by atoms with E-state index in [9.17, 15) is 21.9 Å². The summed E-state index contributed by atoms with van der Waals surface area (Å²) < 4.78 is 62.6. The summed E-state index contributed by atoms with van der Waals surface area (Å²) in [5, 5.41) is 18.5. The SMILES string of the molecule is O=S(=O)(O)c1ccc(N=Nc2cc(O)cc3cc(S(=O)(=O)O)ccc23)cc1. The van der Waals surface area contributed by atoms with Crippen LogP contribution in [-0.2, 0) is 20.2 Å². The minimum atomic E-state index is -4.40. The second-order valence-corrected chi connectivity index (χ2v) is 8.33. The molecule has 0 amide bonds. The second-order valence-electron chi connectivity index (χ2n) is 5.49. The molecule has 0 aromatic heterocycles. The summed E-state index contributed by atoms with van der Waals surface area (Å²) in [4.78, 5) is -0.619. The highest BCUT2D eigenvalue weighted by Gasteiger charge is 2.12. The molecule has 3 rings (SSSR count). The summed E-state index contributed by atoms with van der Waals surface area (Å²) >= 11 is 0. The van der Waals surface area contributed by atoms with Crippen molar-refractivity contribution in [1.29, 1.82) is 0 Å².